The van der Waals surface area contributed by atoms with Gasteiger partial charge in [0.05, 0.1) is 18.3 Å². The first kappa shape index (κ1) is 17.1. The maximum Gasteiger partial charge on any atom is 0.363 e. The number of benzene rings is 1. The molecule has 2 aromatic heterocycles. The second kappa shape index (κ2) is 7.01. The molecule has 0 fully saturated rings. The highest BCUT2D eigenvalue weighted by Crippen LogP contribution is 2.19. The van der Waals surface area contributed by atoms with E-state index in [1.165, 1.54) is 20.2 Å². The summed E-state index contributed by atoms with van der Waals surface area (Å²) in [6, 6.07) is 6.70. The number of halogens is 1. The number of carbonyl (C=O) groups excluding carboxylic acids is 1. The summed E-state index contributed by atoms with van der Waals surface area (Å²) in [4.78, 5) is 24.7. The molecule has 25 heavy (non-hydrogen) atoms. The van der Waals surface area contributed by atoms with Crippen molar-refractivity contribution < 1.29 is 9.53 Å². The Bertz CT molecular complexity index is 974. The zero-order valence-electron chi connectivity index (χ0n) is 13.6. The molecule has 9 nitrogen and oxygen atoms in total. The Kier molecular flexibility index (Phi) is 4.79. The van der Waals surface area contributed by atoms with Gasteiger partial charge in [0.1, 0.15) is 0 Å². The van der Waals surface area contributed by atoms with Gasteiger partial charge in [0.2, 0.25) is 5.88 Å². The average Bonchev–Trinajstić information content (AvgIpc) is 3.14. The van der Waals surface area contributed by atoms with Crippen molar-refractivity contribution in [2.24, 2.45) is 7.05 Å². The Morgan fingerprint density at radius 2 is 2.00 bits per heavy atom. The fourth-order valence-corrected chi connectivity index (χ4v) is 2.68. The van der Waals surface area contributed by atoms with E-state index in [0.717, 1.165) is 4.47 Å². The molecule has 0 aliphatic carbocycles. The van der Waals surface area contributed by atoms with Crippen molar-refractivity contribution >= 4 is 21.9 Å². The molecule has 0 bridgehead atoms. The molecule has 0 N–H and O–H groups in total. The molecule has 2 heterocycles. The van der Waals surface area contributed by atoms with Crippen LogP contribution in [0, 0.1) is 0 Å². The number of hydrogen-bond donors (Lipinski definition) is 0. The van der Waals surface area contributed by atoms with Crippen LogP contribution in [0.15, 0.2) is 39.7 Å². The molecule has 0 aliphatic rings. The number of nitrogens with zero attached hydrogens (tertiary/aromatic N) is 6. The van der Waals surface area contributed by atoms with Crippen LogP contribution in [-0.2, 0) is 20.1 Å². The number of rotatable bonds is 5. The van der Waals surface area contributed by atoms with E-state index in [-0.39, 0.29) is 12.2 Å². The second-order valence-corrected chi connectivity index (χ2v) is 6.13. The average molecular weight is 407 g/mol. The first-order valence-corrected chi connectivity index (χ1v) is 8.28. The van der Waals surface area contributed by atoms with E-state index in [1.54, 1.807) is 38.2 Å². The standard InChI is InChI=1S/C15H15BrN6O3/c1-3-21-15(24)22(19-18-21)9-10-8-11(16)4-5-12(10)14(23)25-13-6-7-17-20(13)2/h4-8H,3,9H2,1-2H3. The number of ether oxygens (including phenoxy) is 1. The Balaban J connectivity index is 1.92. The topological polar surface area (TPSA) is 96.8 Å². The van der Waals surface area contributed by atoms with Gasteiger partial charge < -0.3 is 4.74 Å². The first-order chi connectivity index (χ1) is 12.0. The van der Waals surface area contributed by atoms with E-state index < -0.39 is 5.97 Å². The molecule has 10 heteroatoms. The highest BCUT2D eigenvalue weighted by atomic mass is 79.9. The molecule has 0 saturated heterocycles. The molecule has 3 rings (SSSR count). The molecular weight excluding hydrogens is 392 g/mol. The Hall–Kier alpha value is -2.75. The molecule has 0 atom stereocenters. The SMILES string of the molecule is CCn1nnn(Cc2cc(Br)ccc2C(=O)Oc2ccnn2C)c1=O. The van der Waals surface area contributed by atoms with Crippen molar-refractivity contribution in [2.45, 2.75) is 20.0 Å². The number of tetrazole rings is 1. The van der Waals surface area contributed by atoms with Gasteiger partial charge >= 0.3 is 11.7 Å². The normalized spacial score (nSPS) is 10.8. The van der Waals surface area contributed by atoms with Gasteiger partial charge in [-0.05, 0) is 41.1 Å². The lowest BCUT2D eigenvalue weighted by Crippen LogP contribution is -2.26. The smallest absolute Gasteiger partial charge is 0.363 e. The third-order valence-corrected chi connectivity index (χ3v) is 4.07. The Labute approximate surface area is 150 Å². The predicted molar refractivity (Wildman–Crippen MR) is 91.4 cm³/mol. The van der Waals surface area contributed by atoms with Crippen LogP contribution in [0.25, 0.3) is 0 Å². The van der Waals surface area contributed by atoms with Crippen molar-refractivity contribution in [1.82, 2.24) is 29.6 Å². The van der Waals surface area contributed by atoms with Crippen molar-refractivity contribution in [3.8, 4) is 5.88 Å². The largest absolute Gasteiger partial charge is 0.404 e. The minimum atomic E-state index is -0.540. The molecule has 0 amide bonds. The summed E-state index contributed by atoms with van der Waals surface area (Å²) in [5, 5.41) is 11.6. The van der Waals surface area contributed by atoms with Crippen LogP contribution in [0.4, 0.5) is 0 Å². The molecule has 1 aromatic carbocycles. The van der Waals surface area contributed by atoms with E-state index >= 15 is 0 Å². The summed E-state index contributed by atoms with van der Waals surface area (Å²) in [6.07, 6.45) is 1.54. The number of aromatic nitrogens is 6. The Morgan fingerprint density at radius 3 is 2.64 bits per heavy atom. The summed E-state index contributed by atoms with van der Waals surface area (Å²) < 4.78 is 10.0. The molecule has 0 saturated carbocycles. The van der Waals surface area contributed by atoms with Gasteiger partial charge in [-0.25, -0.2) is 14.3 Å². The second-order valence-electron chi connectivity index (χ2n) is 5.22. The monoisotopic (exact) mass is 406 g/mol. The van der Waals surface area contributed by atoms with Crippen LogP contribution in [0.1, 0.15) is 22.8 Å². The van der Waals surface area contributed by atoms with E-state index in [2.05, 4.69) is 31.5 Å². The number of hydrogen-bond acceptors (Lipinski definition) is 6. The summed E-state index contributed by atoms with van der Waals surface area (Å²) >= 11 is 3.37. The van der Waals surface area contributed by atoms with E-state index in [0.29, 0.717) is 23.6 Å². The summed E-state index contributed by atoms with van der Waals surface area (Å²) in [5.41, 5.74) is 0.586. The zero-order chi connectivity index (χ0) is 18.0. The first-order valence-electron chi connectivity index (χ1n) is 7.48. The summed E-state index contributed by atoms with van der Waals surface area (Å²) in [5.74, 6) is -0.213. The number of aryl methyl sites for hydroxylation is 2. The van der Waals surface area contributed by atoms with Crippen molar-refractivity contribution in [3.05, 3.63) is 56.5 Å². The van der Waals surface area contributed by atoms with Crippen LogP contribution in [0.2, 0.25) is 0 Å². The van der Waals surface area contributed by atoms with Gasteiger partial charge in [-0.2, -0.15) is 14.5 Å². The molecular formula is C15H15BrN6O3. The number of carbonyl (C=O) groups is 1. The maximum atomic E-state index is 12.5. The highest BCUT2D eigenvalue weighted by Gasteiger charge is 2.17. The Morgan fingerprint density at radius 1 is 1.24 bits per heavy atom. The zero-order valence-corrected chi connectivity index (χ0v) is 15.2. The van der Waals surface area contributed by atoms with Gasteiger partial charge in [-0.3, -0.25) is 0 Å². The van der Waals surface area contributed by atoms with Crippen molar-refractivity contribution in [1.29, 1.82) is 0 Å². The summed E-state index contributed by atoms with van der Waals surface area (Å²) in [6.45, 7) is 2.33. The maximum absolute atomic E-state index is 12.5. The van der Waals surface area contributed by atoms with Gasteiger partial charge in [0, 0.05) is 24.1 Å². The van der Waals surface area contributed by atoms with Gasteiger partial charge in [0.25, 0.3) is 0 Å². The fourth-order valence-electron chi connectivity index (χ4n) is 2.27. The summed E-state index contributed by atoms with van der Waals surface area (Å²) in [7, 11) is 1.67. The van der Waals surface area contributed by atoms with Gasteiger partial charge in [0.15, 0.2) is 0 Å². The van der Waals surface area contributed by atoms with Crippen LogP contribution >= 0.6 is 15.9 Å². The highest BCUT2D eigenvalue weighted by molar-refractivity contribution is 9.10. The third-order valence-electron chi connectivity index (χ3n) is 3.58. The quantitative estimate of drug-likeness (QED) is 0.591. The van der Waals surface area contributed by atoms with Gasteiger partial charge in [-0.1, -0.05) is 15.9 Å². The third kappa shape index (κ3) is 3.53. The molecule has 0 radical (unpaired) electrons. The van der Waals surface area contributed by atoms with Crippen LogP contribution in [0.5, 0.6) is 5.88 Å². The van der Waals surface area contributed by atoms with E-state index in [4.69, 9.17) is 4.74 Å². The molecule has 0 unspecified atom stereocenters. The van der Waals surface area contributed by atoms with Crippen molar-refractivity contribution in [2.75, 3.05) is 0 Å². The minimum absolute atomic E-state index is 0.105. The van der Waals surface area contributed by atoms with Crippen molar-refractivity contribution in [3.63, 3.8) is 0 Å². The molecule has 0 spiro atoms. The van der Waals surface area contributed by atoms with Gasteiger partial charge in [-0.15, -0.1) is 0 Å². The minimum Gasteiger partial charge on any atom is -0.404 e. The molecule has 0 aliphatic heterocycles. The van der Waals surface area contributed by atoms with E-state index in [1.807, 2.05) is 0 Å². The van der Waals surface area contributed by atoms with Crippen LogP contribution in [-0.4, -0.2) is 35.5 Å². The lowest BCUT2D eigenvalue weighted by molar-refractivity contribution is 0.0718. The van der Waals surface area contributed by atoms with E-state index in [9.17, 15) is 9.59 Å². The van der Waals surface area contributed by atoms with Crippen LogP contribution in [0.3, 0.4) is 0 Å². The lowest BCUT2D eigenvalue weighted by Gasteiger charge is -2.09. The lowest BCUT2D eigenvalue weighted by atomic mass is 10.1. The molecule has 130 valence electrons. The van der Waals surface area contributed by atoms with Crippen LogP contribution < -0.4 is 10.4 Å². The number of esters is 1. The predicted octanol–water partition coefficient (Wildman–Crippen LogP) is 1.22. The fraction of sp³-hybridized carbons (Fsp3) is 0.267. The molecule has 3 aromatic rings.